The quantitative estimate of drug-likeness (QED) is 0.657. The molecule has 0 amide bonds. The van der Waals surface area contributed by atoms with Gasteiger partial charge in [0.1, 0.15) is 12.2 Å². The zero-order chi connectivity index (χ0) is 19.1. The van der Waals surface area contributed by atoms with Crippen LogP contribution in [0, 0.1) is 0 Å². The van der Waals surface area contributed by atoms with E-state index in [0.717, 1.165) is 11.1 Å². The smallest absolute Gasteiger partial charge is 0.184 e. The first-order chi connectivity index (χ1) is 13.2. The largest absolute Gasteiger partial charge is 0.390 e. The number of benzene rings is 2. The SMILES string of the molecule is COC(OCCC(O)C(O)C1COC(c2ccccc2)O1)c1ccccc1. The Balaban J connectivity index is 1.45. The fourth-order valence-corrected chi connectivity index (χ4v) is 3.01. The van der Waals surface area contributed by atoms with Crippen molar-refractivity contribution in [3.8, 4) is 0 Å². The van der Waals surface area contributed by atoms with Crippen LogP contribution in [0.15, 0.2) is 60.7 Å². The number of rotatable bonds is 9. The van der Waals surface area contributed by atoms with Crippen LogP contribution in [0.3, 0.4) is 0 Å². The van der Waals surface area contributed by atoms with Gasteiger partial charge in [0, 0.05) is 18.2 Å². The molecule has 1 aliphatic rings. The fraction of sp³-hybridized carbons (Fsp3) is 0.429. The monoisotopic (exact) mass is 374 g/mol. The van der Waals surface area contributed by atoms with Gasteiger partial charge in [-0.2, -0.15) is 0 Å². The van der Waals surface area contributed by atoms with Crippen LogP contribution >= 0.6 is 0 Å². The average molecular weight is 374 g/mol. The van der Waals surface area contributed by atoms with Crippen molar-refractivity contribution in [1.82, 2.24) is 0 Å². The van der Waals surface area contributed by atoms with Crippen LogP contribution in [0.2, 0.25) is 0 Å². The number of aliphatic hydroxyl groups excluding tert-OH is 2. The highest BCUT2D eigenvalue weighted by Crippen LogP contribution is 2.29. The molecule has 2 aromatic rings. The van der Waals surface area contributed by atoms with Gasteiger partial charge in [-0.1, -0.05) is 60.7 Å². The third-order valence-corrected chi connectivity index (χ3v) is 4.53. The van der Waals surface area contributed by atoms with Gasteiger partial charge < -0.3 is 29.2 Å². The summed E-state index contributed by atoms with van der Waals surface area (Å²) in [6, 6.07) is 19.1. The normalized spacial score (nSPS) is 23.1. The van der Waals surface area contributed by atoms with E-state index >= 15 is 0 Å². The first-order valence-corrected chi connectivity index (χ1v) is 9.06. The zero-order valence-electron chi connectivity index (χ0n) is 15.3. The highest BCUT2D eigenvalue weighted by atomic mass is 16.7. The van der Waals surface area contributed by atoms with Crippen LogP contribution in [0.5, 0.6) is 0 Å². The van der Waals surface area contributed by atoms with Crippen LogP contribution in [0.1, 0.15) is 30.1 Å². The lowest BCUT2D eigenvalue weighted by Gasteiger charge is -2.23. The molecule has 2 N–H and O–H groups in total. The van der Waals surface area contributed by atoms with Crippen molar-refractivity contribution in [3.05, 3.63) is 71.8 Å². The van der Waals surface area contributed by atoms with Gasteiger partial charge in [-0.25, -0.2) is 0 Å². The van der Waals surface area contributed by atoms with Crippen LogP contribution in [-0.2, 0) is 18.9 Å². The third-order valence-electron chi connectivity index (χ3n) is 4.53. The van der Waals surface area contributed by atoms with Crippen molar-refractivity contribution in [1.29, 1.82) is 0 Å². The Labute approximate surface area is 159 Å². The minimum absolute atomic E-state index is 0.226. The number of ether oxygens (including phenoxy) is 4. The number of hydrogen-bond acceptors (Lipinski definition) is 6. The molecule has 3 rings (SSSR count). The lowest BCUT2D eigenvalue weighted by atomic mass is 10.1. The Morgan fingerprint density at radius 2 is 1.70 bits per heavy atom. The molecule has 1 aliphatic heterocycles. The lowest BCUT2D eigenvalue weighted by Crippen LogP contribution is -2.39. The maximum atomic E-state index is 10.4. The van der Waals surface area contributed by atoms with E-state index in [1.165, 1.54) is 0 Å². The highest BCUT2D eigenvalue weighted by molar-refractivity contribution is 5.17. The molecule has 6 nitrogen and oxygen atoms in total. The van der Waals surface area contributed by atoms with Crippen molar-refractivity contribution >= 4 is 0 Å². The van der Waals surface area contributed by atoms with E-state index in [0.29, 0.717) is 0 Å². The van der Waals surface area contributed by atoms with Gasteiger partial charge in [-0.15, -0.1) is 0 Å². The van der Waals surface area contributed by atoms with Gasteiger partial charge in [0.05, 0.1) is 19.3 Å². The molecule has 6 heteroatoms. The molecular weight excluding hydrogens is 348 g/mol. The zero-order valence-corrected chi connectivity index (χ0v) is 15.3. The van der Waals surface area contributed by atoms with Gasteiger partial charge in [0.15, 0.2) is 12.6 Å². The van der Waals surface area contributed by atoms with Crippen molar-refractivity contribution in [2.75, 3.05) is 20.3 Å². The average Bonchev–Trinajstić information content (AvgIpc) is 3.22. The molecule has 0 bridgehead atoms. The summed E-state index contributed by atoms with van der Waals surface area (Å²) in [6.45, 7) is 0.463. The standard InChI is InChI=1S/C21H26O6/c1-24-20(15-8-4-2-5-9-15)25-13-12-17(22)19(23)18-14-26-21(27-18)16-10-6-3-7-11-16/h2-11,17-23H,12-14H2,1H3. The van der Waals surface area contributed by atoms with Crippen LogP contribution in [-0.4, -0.2) is 48.8 Å². The summed E-state index contributed by atoms with van der Waals surface area (Å²) >= 11 is 0. The Morgan fingerprint density at radius 3 is 2.37 bits per heavy atom. The van der Waals surface area contributed by atoms with E-state index < -0.39 is 30.9 Å². The molecule has 0 aliphatic carbocycles. The predicted octanol–water partition coefficient (Wildman–Crippen LogP) is 2.57. The summed E-state index contributed by atoms with van der Waals surface area (Å²) in [5.41, 5.74) is 1.78. The Kier molecular flexibility index (Phi) is 7.34. The number of methoxy groups -OCH3 is 1. The Morgan fingerprint density at radius 1 is 1.04 bits per heavy atom. The molecule has 2 aromatic carbocycles. The molecule has 0 aromatic heterocycles. The van der Waals surface area contributed by atoms with E-state index in [1.807, 2.05) is 60.7 Å². The van der Waals surface area contributed by atoms with Gasteiger partial charge >= 0.3 is 0 Å². The van der Waals surface area contributed by atoms with Crippen molar-refractivity contribution in [2.45, 2.75) is 37.3 Å². The van der Waals surface area contributed by atoms with Crippen LogP contribution < -0.4 is 0 Å². The molecule has 1 heterocycles. The fourth-order valence-electron chi connectivity index (χ4n) is 3.01. The molecule has 27 heavy (non-hydrogen) atoms. The summed E-state index contributed by atoms with van der Waals surface area (Å²) in [6.07, 6.45) is -3.41. The minimum atomic E-state index is -1.06. The Bertz CT molecular complexity index is 665. The molecule has 5 unspecified atom stereocenters. The molecule has 5 atom stereocenters. The summed E-state index contributed by atoms with van der Waals surface area (Å²) in [7, 11) is 1.57. The van der Waals surface area contributed by atoms with Crippen LogP contribution in [0.25, 0.3) is 0 Å². The molecule has 1 fully saturated rings. The van der Waals surface area contributed by atoms with Gasteiger partial charge in [-0.05, 0) is 6.42 Å². The number of hydrogen-bond donors (Lipinski definition) is 2. The van der Waals surface area contributed by atoms with Crippen LogP contribution in [0.4, 0.5) is 0 Å². The lowest BCUT2D eigenvalue weighted by molar-refractivity contribution is -0.143. The third kappa shape index (κ3) is 5.35. The molecule has 0 spiro atoms. The van der Waals surface area contributed by atoms with E-state index in [2.05, 4.69) is 0 Å². The summed E-state index contributed by atoms with van der Waals surface area (Å²) in [4.78, 5) is 0. The van der Waals surface area contributed by atoms with E-state index in [1.54, 1.807) is 7.11 Å². The summed E-state index contributed by atoms with van der Waals surface area (Å²) in [5, 5.41) is 20.7. The second-order valence-electron chi connectivity index (χ2n) is 6.45. The highest BCUT2D eigenvalue weighted by Gasteiger charge is 2.35. The molecule has 1 saturated heterocycles. The second-order valence-corrected chi connectivity index (χ2v) is 6.45. The Hall–Kier alpha value is -1.80. The summed E-state index contributed by atoms with van der Waals surface area (Å²) in [5.74, 6) is 0. The van der Waals surface area contributed by atoms with Gasteiger partial charge in [0.25, 0.3) is 0 Å². The maximum Gasteiger partial charge on any atom is 0.184 e. The van der Waals surface area contributed by atoms with E-state index in [4.69, 9.17) is 18.9 Å². The van der Waals surface area contributed by atoms with Crippen molar-refractivity contribution < 1.29 is 29.2 Å². The molecule has 0 saturated carbocycles. The van der Waals surface area contributed by atoms with Gasteiger partial charge in [0.2, 0.25) is 0 Å². The van der Waals surface area contributed by atoms with E-state index in [-0.39, 0.29) is 19.6 Å². The van der Waals surface area contributed by atoms with E-state index in [9.17, 15) is 10.2 Å². The minimum Gasteiger partial charge on any atom is -0.390 e. The predicted molar refractivity (Wildman–Crippen MR) is 98.8 cm³/mol. The topological polar surface area (TPSA) is 77.4 Å². The second kappa shape index (κ2) is 9.94. The van der Waals surface area contributed by atoms with Gasteiger partial charge in [-0.3, -0.25) is 0 Å². The van der Waals surface area contributed by atoms with Crippen molar-refractivity contribution in [2.24, 2.45) is 0 Å². The maximum absolute atomic E-state index is 10.4. The summed E-state index contributed by atoms with van der Waals surface area (Å²) < 4.78 is 22.4. The molecular formula is C21H26O6. The van der Waals surface area contributed by atoms with Crippen molar-refractivity contribution in [3.63, 3.8) is 0 Å². The first-order valence-electron chi connectivity index (χ1n) is 9.06. The number of aliphatic hydroxyl groups is 2. The molecule has 146 valence electrons. The first kappa shape index (κ1) is 19.9. The molecule has 0 radical (unpaired) electrons.